The fraction of sp³-hybridized carbons (Fsp3) is 0.333. The highest BCUT2D eigenvalue weighted by Crippen LogP contribution is 2.20. The monoisotopic (exact) mass is 297 g/mol. The standard InChI is InChI=1S/C18H19NO3/c1-12-5-7-13(8-6-12)10-14-11-15(18(21)22-2)16-4-3-9-19(16)17(14)20/h5-8,11H,3-4,9-10H2,1-2H3. The molecule has 22 heavy (non-hydrogen) atoms. The van der Waals surface area contributed by atoms with E-state index in [0.29, 0.717) is 24.1 Å². The summed E-state index contributed by atoms with van der Waals surface area (Å²) >= 11 is 0. The highest BCUT2D eigenvalue weighted by atomic mass is 16.5. The molecule has 0 amide bonds. The highest BCUT2D eigenvalue weighted by molar-refractivity contribution is 5.90. The van der Waals surface area contributed by atoms with Crippen molar-refractivity contribution in [2.75, 3.05) is 7.11 Å². The fourth-order valence-corrected chi connectivity index (χ4v) is 3.01. The quantitative estimate of drug-likeness (QED) is 0.818. The van der Waals surface area contributed by atoms with Gasteiger partial charge in [0.2, 0.25) is 0 Å². The van der Waals surface area contributed by atoms with Crippen LogP contribution in [0.3, 0.4) is 0 Å². The summed E-state index contributed by atoms with van der Waals surface area (Å²) in [6, 6.07) is 9.81. The fourth-order valence-electron chi connectivity index (χ4n) is 3.01. The predicted molar refractivity (Wildman–Crippen MR) is 84.3 cm³/mol. The molecule has 0 atom stereocenters. The second-order valence-electron chi connectivity index (χ2n) is 5.74. The van der Waals surface area contributed by atoms with Gasteiger partial charge < -0.3 is 9.30 Å². The van der Waals surface area contributed by atoms with Crippen LogP contribution in [0.25, 0.3) is 0 Å². The van der Waals surface area contributed by atoms with E-state index in [-0.39, 0.29) is 11.5 Å². The van der Waals surface area contributed by atoms with Crippen molar-refractivity contribution in [1.82, 2.24) is 4.57 Å². The molecule has 0 fully saturated rings. The smallest absolute Gasteiger partial charge is 0.339 e. The number of pyridine rings is 1. The number of methoxy groups -OCH3 is 1. The maximum atomic E-state index is 12.6. The van der Waals surface area contributed by atoms with Crippen molar-refractivity contribution in [2.24, 2.45) is 0 Å². The van der Waals surface area contributed by atoms with Crippen LogP contribution >= 0.6 is 0 Å². The van der Waals surface area contributed by atoms with Crippen LogP contribution in [0.5, 0.6) is 0 Å². The summed E-state index contributed by atoms with van der Waals surface area (Å²) in [4.78, 5) is 24.6. The van der Waals surface area contributed by atoms with Gasteiger partial charge in [0.1, 0.15) is 0 Å². The molecule has 0 bridgehead atoms. The van der Waals surface area contributed by atoms with Gasteiger partial charge in [-0.1, -0.05) is 29.8 Å². The molecule has 1 aromatic heterocycles. The molecule has 4 heteroatoms. The lowest BCUT2D eigenvalue weighted by Crippen LogP contribution is -2.26. The Kier molecular flexibility index (Phi) is 3.84. The zero-order chi connectivity index (χ0) is 15.7. The molecule has 3 rings (SSSR count). The lowest BCUT2D eigenvalue weighted by molar-refractivity contribution is 0.0598. The third-order valence-corrected chi connectivity index (χ3v) is 4.19. The SMILES string of the molecule is COC(=O)c1cc(Cc2ccc(C)cc2)c(=O)n2c1CCC2. The summed E-state index contributed by atoms with van der Waals surface area (Å²) < 4.78 is 6.60. The summed E-state index contributed by atoms with van der Waals surface area (Å²) in [6.45, 7) is 2.71. The molecule has 4 nitrogen and oxygen atoms in total. The van der Waals surface area contributed by atoms with E-state index in [2.05, 4.69) is 0 Å². The molecule has 2 aromatic rings. The minimum Gasteiger partial charge on any atom is -0.465 e. The number of fused-ring (bicyclic) bond motifs is 1. The zero-order valence-electron chi connectivity index (χ0n) is 12.9. The summed E-state index contributed by atoms with van der Waals surface area (Å²) in [7, 11) is 1.37. The molecule has 0 N–H and O–H groups in total. The molecule has 0 spiro atoms. The number of carbonyl (C=O) groups is 1. The molecule has 0 saturated heterocycles. The van der Waals surface area contributed by atoms with Crippen LogP contribution in [0.15, 0.2) is 35.1 Å². The molecule has 1 aliphatic heterocycles. The van der Waals surface area contributed by atoms with Crippen molar-refractivity contribution in [2.45, 2.75) is 32.7 Å². The Morgan fingerprint density at radius 1 is 1.27 bits per heavy atom. The number of hydrogen-bond donors (Lipinski definition) is 0. The first-order valence-corrected chi connectivity index (χ1v) is 7.49. The van der Waals surface area contributed by atoms with Crippen LogP contribution in [0, 0.1) is 6.92 Å². The minimum absolute atomic E-state index is 0.0146. The van der Waals surface area contributed by atoms with Gasteiger partial charge in [0.05, 0.1) is 12.7 Å². The number of aryl methyl sites for hydroxylation is 1. The maximum absolute atomic E-state index is 12.6. The first-order valence-electron chi connectivity index (χ1n) is 7.49. The van der Waals surface area contributed by atoms with E-state index in [4.69, 9.17) is 4.74 Å². The molecule has 1 aromatic carbocycles. The Hall–Kier alpha value is -2.36. The van der Waals surface area contributed by atoms with E-state index in [0.717, 1.165) is 24.1 Å². The van der Waals surface area contributed by atoms with Crippen LogP contribution in [0.4, 0.5) is 0 Å². The average molecular weight is 297 g/mol. The number of benzene rings is 1. The molecular formula is C18H19NO3. The minimum atomic E-state index is -0.365. The number of carbonyl (C=O) groups excluding carboxylic acids is 1. The van der Waals surface area contributed by atoms with Gasteiger partial charge in [-0.3, -0.25) is 4.79 Å². The van der Waals surface area contributed by atoms with Crippen LogP contribution in [-0.4, -0.2) is 17.6 Å². The van der Waals surface area contributed by atoms with Crippen molar-refractivity contribution < 1.29 is 9.53 Å². The molecule has 0 unspecified atom stereocenters. The highest BCUT2D eigenvalue weighted by Gasteiger charge is 2.23. The van der Waals surface area contributed by atoms with E-state index in [9.17, 15) is 9.59 Å². The van der Waals surface area contributed by atoms with Crippen LogP contribution < -0.4 is 5.56 Å². The normalized spacial score (nSPS) is 13.0. The summed E-state index contributed by atoms with van der Waals surface area (Å²) in [5, 5.41) is 0. The summed E-state index contributed by atoms with van der Waals surface area (Å²) in [5.74, 6) is -0.365. The van der Waals surface area contributed by atoms with E-state index in [1.165, 1.54) is 12.7 Å². The van der Waals surface area contributed by atoms with Gasteiger partial charge in [-0.25, -0.2) is 4.79 Å². The largest absolute Gasteiger partial charge is 0.465 e. The Labute approximate surface area is 129 Å². The van der Waals surface area contributed by atoms with Crippen LogP contribution in [0.1, 0.15) is 39.2 Å². The first kappa shape index (κ1) is 14.6. The summed E-state index contributed by atoms with van der Waals surface area (Å²) in [5.41, 5.74) is 4.25. The summed E-state index contributed by atoms with van der Waals surface area (Å²) in [6.07, 6.45) is 2.18. The van der Waals surface area contributed by atoms with Gasteiger partial charge >= 0.3 is 5.97 Å². The van der Waals surface area contributed by atoms with Crippen molar-refractivity contribution >= 4 is 5.97 Å². The van der Waals surface area contributed by atoms with Gasteiger partial charge in [-0.15, -0.1) is 0 Å². The van der Waals surface area contributed by atoms with Gasteiger partial charge in [0.25, 0.3) is 5.56 Å². The van der Waals surface area contributed by atoms with Gasteiger partial charge in [-0.2, -0.15) is 0 Å². The van der Waals surface area contributed by atoms with Gasteiger partial charge in [-0.05, 0) is 31.4 Å². The lowest BCUT2D eigenvalue weighted by Gasteiger charge is -2.12. The molecule has 0 aliphatic carbocycles. The van der Waals surface area contributed by atoms with Crippen LogP contribution in [-0.2, 0) is 24.1 Å². The number of esters is 1. The average Bonchev–Trinajstić information content (AvgIpc) is 3.01. The van der Waals surface area contributed by atoms with Gasteiger partial charge in [0, 0.05) is 24.2 Å². The van der Waals surface area contributed by atoms with Crippen molar-refractivity contribution in [3.63, 3.8) is 0 Å². The van der Waals surface area contributed by atoms with E-state index in [1.807, 2.05) is 31.2 Å². The Balaban J connectivity index is 2.06. The second-order valence-corrected chi connectivity index (χ2v) is 5.74. The van der Waals surface area contributed by atoms with Crippen molar-refractivity contribution in [3.8, 4) is 0 Å². The van der Waals surface area contributed by atoms with E-state index >= 15 is 0 Å². The third-order valence-electron chi connectivity index (χ3n) is 4.19. The van der Waals surface area contributed by atoms with Crippen molar-refractivity contribution in [3.05, 3.63) is 68.6 Å². The molecule has 0 saturated carbocycles. The number of hydrogen-bond acceptors (Lipinski definition) is 3. The maximum Gasteiger partial charge on any atom is 0.339 e. The molecule has 2 heterocycles. The van der Waals surface area contributed by atoms with E-state index < -0.39 is 0 Å². The van der Waals surface area contributed by atoms with E-state index in [1.54, 1.807) is 10.6 Å². The number of nitrogens with zero attached hydrogens (tertiary/aromatic N) is 1. The molecular weight excluding hydrogens is 278 g/mol. The lowest BCUT2D eigenvalue weighted by atomic mass is 10.0. The zero-order valence-corrected chi connectivity index (χ0v) is 12.9. The predicted octanol–water partition coefficient (Wildman–Crippen LogP) is 2.48. The third kappa shape index (κ3) is 2.56. The number of ether oxygens (including phenoxy) is 1. The molecule has 0 radical (unpaired) electrons. The first-order chi connectivity index (χ1) is 10.6. The van der Waals surface area contributed by atoms with Crippen molar-refractivity contribution in [1.29, 1.82) is 0 Å². The number of aromatic nitrogens is 1. The van der Waals surface area contributed by atoms with Gasteiger partial charge in [0.15, 0.2) is 0 Å². The van der Waals surface area contributed by atoms with Crippen LogP contribution in [0.2, 0.25) is 0 Å². The Morgan fingerprint density at radius 2 is 2.00 bits per heavy atom. The Bertz CT molecular complexity index is 772. The number of rotatable bonds is 3. The molecule has 114 valence electrons. The Morgan fingerprint density at radius 3 is 2.68 bits per heavy atom. The molecule has 1 aliphatic rings. The second kappa shape index (κ2) is 5.79. The topological polar surface area (TPSA) is 48.3 Å².